The van der Waals surface area contributed by atoms with Crippen molar-refractivity contribution in [2.24, 2.45) is 0 Å². The minimum atomic E-state index is -0.422. The van der Waals surface area contributed by atoms with Gasteiger partial charge in [0.15, 0.2) is 5.76 Å². The van der Waals surface area contributed by atoms with E-state index < -0.39 is 4.92 Å². The van der Waals surface area contributed by atoms with Crippen molar-refractivity contribution >= 4 is 5.69 Å². The fraction of sp³-hybridized carbons (Fsp3) is 0.167. The van der Waals surface area contributed by atoms with E-state index in [1.54, 1.807) is 12.1 Å². The molecule has 0 radical (unpaired) electrons. The van der Waals surface area contributed by atoms with Crippen LogP contribution in [0.2, 0.25) is 0 Å². The molecule has 23 heavy (non-hydrogen) atoms. The summed E-state index contributed by atoms with van der Waals surface area (Å²) in [6.07, 6.45) is 0. The summed E-state index contributed by atoms with van der Waals surface area (Å²) < 4.78 is 5.43. The van der Waals surface area contributed by atoms with E-state index in [0.29, 0.717) is 5.76 Å². The van der Waals surface area contributed by atoms with Crippen LogP contribution >= 0.6 is 0 Å². The maximum atomic E-state index is 10.7. The molecule has 0 aliphatic heterocycles. The van der Waals surface area contributed by atoms with Crippen molar-refractivity contribution < 1.29 is 9.45 Å². The van der Waals surface area contributed by atoms with Gasteiger partial charge in [-0.2, -0.15) is 0 Å². The molecule has 0 bridgehead atoms. The van der Waals surface area contributed by atoms with Gasteiger partial charge in [0.1, 0.15) is 5.69 Å². The predicted octanol–water partition coefficient (Wildman–Crippen LogP) is 4.84. The average Bonchev–Trinajstić information content (AvgIpc) is 2.95. The third kappa shape index (κ3) is 2.85. The largest absolute Gasteiger partial charge is 0.356 e. The molecule has 116 valence electrons. The second-order valence-corrected chi connectivity index (χ2v) is 5.65. The Balaban J connectivity index is 1.99. The van der Waals surface area contributed by atoms with Crippen molar-refractivity contribution in [3.63, 3.8) is 0 Å². The van der Waals surface area contributed by atoms with E-state index in [2.05, 4.69) is 38.1 Å². The molecule has 5 nitrogen and oxygen atoms in total. The summed E-state index contributed by atoms with van der Waals surface area (Å²) in [5.41, 5.74) is 6.15. The number of aromatic nitrogens is 1. The molecule has 0 unspecified atom stereocenters. The first-order valence-corrected chi connectivity index (χ1v) is 7.25. The van der Waals surface area contributed by atoms with Crippen molar-refractivity contribution in [1.82, 2.24) is 5.16 Å². The van der Waals surface area contributed by atoms with Gasteiger partial charge in [-0.1, -0.05) is 22.9 Å². The molecular formula is C18H16N2O3. The number of aryl methyl sites for hydroxylation is 3. The Morgan fingerprint density at radius 3 is 2.17 bits per heavy atom. The van der Waals surface area contributed by atoms with Gasteiger partial charge >= 0.3 is 0 Å². The zero-order chi connectivity index (χ0) is 16.6. The van der Waals surface area contributed by atoms with Gasteiger partial charge < -0.3 is 4.52 Å². The van der Waals surface area contributed by atoms with Gasteiger partial charge in [-0.3, -0.25) is 10.1 Å². The van der Waals surface area contributed by atoms with Crippen LogP contribution in [0.5, 0.6) is 0 Å². The van der Waals surface area contributed by atoms with Crippen molar-refractivity contribution in [2.75, 3.05) is 0 Å². The molecule has 3 rings (SSSR count). The molecule has 0 aliphatic carbocycles. The van der Waals surface area contributed by atoms with Crippen LogP contribution in [0.1, 0.15) is 16.7 Å². The second-order valence-electron chi connectivity index (χ2n) is 5.65. The third-order valence-electron chi connectivity index (χ3n) is 3.81. The van der Waals surface area contributed by atoms with Gasteiger partial charge in [-0.05, 0) is 44.0 Å². The fourth-order valence-electron chi connectivity index (χ4n) is 2.86. The third-order valence-corrected chi connectivity index (χ3v) is 3.81. The summed E-state index contributed by atoms with van der Waals surface area (Å²) in [4.78, 5) is 10.3. The van der Waals surface area contributed by atoms with Crippen LogP contribution in [0.25, 0.3) is 22.6 Å². The van der Waals surface area contributed by atoms with Crippen molar-refractivity contribution in [3.05, 3.63) is 69.3 Å². The van der Waals surface area contributed by atoms with Gasteiger partial charge in [0.25, 0.3) is 5.69 Å². The Hall–Kier alpha value is -2.95. The van der Waals surface area contributed by atoms with Crippen LogP contribution in [-0.4, -0.2) is 10.1 Å². The summed E-state index contributed by atoms with van der Waals surface area (Å²) in [5, 5.41) is 14.9. The minimum Gasteiger partial charge on any atom is -0.356 e. The van der Waals surface area contributed by atoms with E-state index in [1.807, 2.05) is 6.07 Å². The summed E-state index contributed by atoms with van der Waals surface area (Å²) in [6, 6.07) is 12.3. The highest BCUT2D eigenvalue weighted by Crippen LogP contribution is 2.31. The molecule has 0 spiro atoms. The first-order valence-electron chi connectivity index (χ1n) is 7.25. The Kier molecular flexibility index (Phi) is 3.70. The molecule has 0 atom stereocenters. The molecule has 0 saturated carbocycles. The maximum absolute atomic E-state index is 10.7. The zero-order valence-corrected chi connectivity index (χ0v) is 13.2. The van der Waals surface area contributed by atoms with Crippen molar-refractivity contribution in [3.8, 4) is 22.6 Å². The van der Waals surface area contributed by atoms with E-state index >= 15 is 0 Å². The average molecular weight is 308 g/mol. The number of hydrogen-bond acceptors (Lipinski definition) is 4. The number of nitrogens with zero attached hydrogens (tertiary/aromatic N) is 2. The molecule has 0 N–H and O–H groups in total. The number of nitro benzene ring substituents is 1. The lowest BCUT2D eigenvalue weighted by Crippen LogP contribution is -1.89. The van der Waals surface area contributed by atoms with Gasteiger partial charge in [-0.15, -0.1) is 0 Å². The summed E-state index contributed by atoms with van der Waals surface area (Å²) in [6.45, 7) is 6.17. The van der Waals surface area contributed by atoms with Gasteiger partial charge in [0.2, 0.25) is 0 Å². The molecule has 0 saturated heterocycles. The van der Waals surface area contributed by atoms with Crippen LogP contribution in [0, 0.1) is 30.9 Å². The molecule has 0 amide bonds. The predicted molar refractivity (Wildman–Crippen MR) is 88.2 cm³/mol. The monoisotopic (exact) mass is 308 g/mol. The summed E-state index contributed by atoms with van der Waals surface area (Å²) in [7, 11) is 0. The Bertz CT molecular complexity index is 857. The molecule has 0 aliphatic rings. The van der Waals surface area contributed by atoms with E-state index in [-0.39, 0.29) is 5.69 Å². The van der Waals surface area contributed by atoms with Crippen LogP contribution < -0.4 is 0 Å². The van der Waals surface area contributed by atoms with Crippen LogP contribution in [-0.2, 0) is 0 Å². The molecule has 0 fully saturated rings. The van der Waals surface area contributed by atoms with E-state index in [1.165, 1.54) is 17.7 Å². The molecule has 1 aromatic heterocycles. The van der Waals surface area contributed by atoms with E-state index in [4.69, 9.17) is 4.52 Å². The van der Waals surface area contributed by atoms with Gasteiger partial charge in [-0.25, -0.2) is 0 Å². The van der Waals surface area contributed by atoms with E-state index in [9.17, 15) is 10.1 Å². The molecule has 2 aromatic carbocycles. The highest BCUT2D eigenvalue weighted by molar-refractivity contribution is 5.72. The quantitative estimate of drug-likeness (QED) is 0.512. The van der Waals surface area contributed by atoms with Crippen molar-refractivity contribution in [2.45, 2.75) is 20.8 Å². The van der Waals surface area contributed by atoms with Crippen LogP contribution in [0.15, 0.2) is 47.0 Å². The molecular weight excluding hydrogens is 292 g/mol. The highest BCUT2D eigenvalue weighted by atomic mass is 16.6. The summed E-state index contributed by atoms with van der Waals surface area (Å²) in [5.74, 6) is 0.592. The molecule has 5 heteroatoms. The number of hydrogen-bond donors (Lipinski definition) is 0. The van der Waals surface area contributed by atoms with E-state index in [0.717, 1.165) is 27.9 Å². The molecule has 1 heterocycles. The Morgan fingerprint density at radius 2 is 1.61 bits per heavy atom. The number of rotatable bonds is 3. The van der Waals surface area contributed by atoms with Crippen LogP contribution in [0.3, 0.4) is 0 Å². The number of non-ortho nitro benzene ring substituents is 1. The first-order chi connectivity index (χ1) is 11.0. The first kappa shape index (κ1) is 15.0. The lowest BCUT2D eigenvalue weighted by molar-refractivity contribution is -0.384. The van der Waals surface area contributed by atoms with Gasteiger partial charge in [0.05, 0.1) is 4.92 Å². The van der Waals surface area contributed by atoms with Crippen LogP contribution in [0.4, 0.5) is 5.69 Å². The topological polar surface area (TPSA) is 69.2 Å². The standard InChI is InChI=1S/C18H16N2O3/c1-11-8-12(2)18(13(3)9-11)16-10-17(23-19-16)14-4-6-15(7-5-14)20(21)22/h4-10H,1-3H3. The molecule has 3 aromatic rings. The smallest absolute Gasteiger partial charge is 0.269 e. The van der Waals surface area contributed by atoms with Crippen molar-refractivity contribution in [1.29, 1.82) is 0 Å². The lowest BCUT2D eigenvalue weighted by Gasteiger charge is -2.07. The fourth-order valence-corrected chi connectivity index (χ4v) is 2.86. The second kappa shape index (κ2) is 5.68. The highest BCUT2D eigenvalue weighted by Gasteiger charge is 2.14. The zero-order valence-electron chi connectivity index (χ0n) is 13.2. The Morgan fingerprint density at radius 1 is 1.00 bits per heavy atom. The SMILES string of the molecule is Cc1cc(C)c(-c2cc(-c3ccc([N+](=O)[O-])cc3)on2)c(C)c1. The lowest BCUT2D eigenvalue weighted by atomic mass is 9.97. The Labute approximate surface area is 133 Å². The maximum Gasteiger partial charge on any atom is 0.269 e. The number of nitro groups is 1. The number of benzene rings is 2. The summed E-state index contributed by atoms with van der Waals surface area (Å²) >= 11 is 0. The normalized spacial score (nSPS) is 10.7. The van der Waals surface area contributed by atoms with Gasteiger partial charge in [0, 0.05) is 29.3 Å². The minimum absolute atomic E-state index is 0.0544.